The van der Waals surface area contributed by atoms with Crippen molar-refractivity contribution in [3.05, 3.63) is 45.2 Å². The first-order valence-corrected chi connectivity index (χ1v) is 7.28. The van der Waals surface area contributed by atoms with E-state index >= 15 is 0 Å². The smallest absolute Gasteiger partial charge is 0.147 e. The zero-order valence-corrected chi connectivity index (χ0v) is 12.4. The first-order chi connectivity index (χ1) is 8.81. The quantitative estimate of drug-likeness (QED) is 0.737. The minimum atomic E-state index is 0.196. The molecule has 1 aliphatic rings. The van der Waals surface area contributed by atoms with E-state index < -0.39 is 0 Å². The van der Waals surface area contributed by atoms with Crippen molar-refractivity contribution in [2.45, 2.75) is 25.4 Å². The molecule has 0 radical (unpaired) electrons. The van der Waals surface area contributed by atoms with Crippen molar-refractivity contribution in [1.82, 2.24) is 0 Å². The van der Waals surface area contributed by atoms with Crippen LogP contribution in [0.25, 0.3) is 11.3 Å². The molecule has 0 amide bonds. The molecule has 94 valence electrons. The third kappa shape index (κ3) is 1.99. The molecule has 0 N–H and O–H groups in total. The molecular weight excluding hydrogens is 339 g/mol. The van der Waals surface area contributed by atoms with E-state index in [1.54, 1.807) is 7.11 Å². The fourth-order valence-corrected chi connectivity index (χ4v) is 3.65. The zero-order chi connectivity index (χ0) is 12.5. The Morgan fingerprint density at radius 3 is 2.78 bits per heavy atom. The number of halogens is 1. The maximum atomic E-state index is 6.07. The highest BCUT2D eigenvalue weighted by Gasteiger charge is 2.29. The van der Waals surface area contributed by atoms with Gasteiger partial charge < -0.3 is 9.15 Å². The lowest BCUT2D eigenvalue weighted by Crippen LogP contribution is -2.10. The van der Waals surface area contributed by atoms with Gasteiger partial charge in [-0.05, 0) is 35.4 Å². The molecule has 1 unspecified atom stereocenters. The van der Waals surface area contributed by atoms with Crippen LogP contribution in [0.4, 0.5) is 0 Å². The third-order valence-electron chi connectivity index (χ3n) is 3.47. The van der Waals surface area contributed by atoms with Gasteiger partial charge in [-0.2, -0.15) is 0 Å². The van der Waals surface area contributed by atoms with E-state index in [1.807, 2.05) is 18.2 Å². The minimum Gasteiger partial charge on any atom is -0.460 e. The number of methoxy groups -OCH3 is 1. The van der Waals surface area contributed by atoms with Crippen molar-refractivity contribution in [2.75, 3.05) is 7.11 Å². The van der Waals surface area contributed by atoms with Crippen molar-refractivity contribution in [3.63, 3.8) is 0 Å². The highest BCUT2D eigenvalue weighted by atomic mass is 127. The van der Waals surface area contributed by atoms with Gasteiger partial charge >= 0.3 is 0 Å². The molecule has 18 heavy (non-hydrogen) atoms. The van der Waals surface area contributed by atoms with E-state index in [-0.39, 0.29) is 6.10 Å². The first-order valence-electron chi connectivity index (χ1n) is 6.20. The highest BCUT2D eigenvalue weighted by molar-refractivity contribution is 14.1. The Kier molecular flexibility index (Phi) is 3.43. The molecule has 0 saturated carbocycles. The van der Waals surface area contributed by atoms with Gasteiger partial charge in [-0.1, -0.05) is 30.3 Å². The van der Waals surface area contributed by atoms with E-state index in [2.05, 4.69) is 34.7 Å². The summed E-state index contributed by atoms with van der Waals surface area (Å²) in [6.07, 6.45) is 3.45. The van der Waals surface area contributed by atoms with Crippen LogP contribution in [0, 0.1) is 3.57 Å². The lowest BCUT2D eigenvalue weighted by molar-refractivity contribution is 0.0852. The maximum Gasteiger partial charge on any atom is 0.147 e. The van der Waals surface area contributed by atoms with Crippen molar-refractivity contribution in [2.24, 2.45) is 0 Å². The molecule has 1 atom stereocenters. The Balaban J connectivity index is 2.11. The number of furan rings is 1. The Bertz CT molecular complexity index is 545. The normalized spacial score (nSPS) is 18.7. The van der Waals surface area contributed by atoms with E-state index in [1.165, 1.54) is 9.13 Å². The Morgan fingerprint density at radius 1 is 1.28 bits per heavy atom. The molecule has 0 bridgehead atoms. The number of fused-ring (bicyclic) bond motifs is 1. The highest BCUT2D eigenvalue weighted by Crippen LogP contribution is 2.41. The summed E-state index contributed by atoms with van der Waals surface area (Å²) in [6, 6.07) is 10.3. The summed E-state index contributed by atoms with van der Waals surface area (Å²) >= 11 is 2.39. The number of benzene rings is 1. The van der Waals surface area contributed by atoms with E-state index in [9.17, 15) is 0 Å². The molecular formula is C15H15IO2. The van der Waals surface area contributed by atoms with Crippen molar-refractivity contribution >= 4 is 22.6 Å². The average molecular weight is 354 g/mol. The summed E-state index contributed by atoms with van der Waals surface area (Å²) < 4.78 is 12.9. The summed E-state index contributed by atoms with van der Waals surface area (Å²) in [4.78, 5) is 0. The molecule has 1 aromatic heterocycles. The molecule has 3 heteroatoms. The van der Waals surface area contributed by atoms with Gasteiger partial charge in [0.05, 0.1) is 9.67 Å². The van der Waals surface area contributed by atoms with Gasteiger partial charge in [0.15, 0.2) is 0 Å². The minimum absolute atomic E-state index is 0.196. The number of hydrogen-bond donors (Lipinski definition) is 0. The molecule has 0 fully saturated rings. The summed E-state index contributed by atoms with van der Waals surface area (Å²) in [6.45, 7) is 0. The van der Waals surface area contributed by atoms with Gasteiger partial charge in [-0.3, -0.25) is 0 Å². The summed E-state index contributed by atoms with van der Waals surface area (Å²) in [5.41, 5.74) is 2.41. The molecule has 1 aliphatic carbocycles. The molecule has 2 aromatic rings. The van der Waals surface area contributed by atoms with Crippen molar-refractivity contribution in [1.29, 1.82) is 0 Å². The topological polar surface area (TPSA) is 22.4 Å². The van der Waals surface area contributed by atoms with E-state index in [0.717, 1.165) is 36.3 Å². The van der Waals surface area contributed by atoms with Gasteiger partial charge in [-0.25, -0.2) is 0 Å². The molecule has 3 rings (SSSR count). The fraction of sp³-hybridized carbons (Fsp3) is 0.333. The Labute approximate surface area is 120 Å². The first kappa shape index (κ1) is 12.2. The lowest BCUT2D eigenvalue weighted by atomic mass is 9.95. The molecule has 0 saturated heterocycles. The Morgan fingerprint density at radius 2 is 2.06 bits per heavy atom. The van der Waals surface area contributed by atoms with Crippen LogP contribution in [-0.2, 0) is 11.2 Å². The van der Waals surface area contributed by atoms with Crippen LogP contribution >= 0.6 is 22.6 Å². The molecule has 0 spiro atoms. The van der Waals surface area contributed by atoms with Gasteiger partial charge in [0.2, 0.25) is 0 Å². The predicted molar refractivity (Wildman–Crippen MR) is 79.5 cm³/mol. The van der Waals surface area contributed by atoms with Crippen LogP contribution in [0.2, 0.25) is 0 Å². The van der Waals surface area contributed by atoms with Gasteiger partial charge in [0.1, 0.15) is 11.5 Å². The van der Waals surface area contributed by atoms with Crippen LogP contribution in [0.5, 0.6) is 0 Å². The number of rotatable bonds is 2. The largest absolute Gasteiger partial charge is 0.460 e. The fourth-order valence-electron chi connectivity index (χ4n) is 2.58. The monoisotopic (exact) mass is 354 g/mol. The van der Waals surface area contributed by atoms with Crippen LogP contribution in [-0.4, -0.2) is 7.11 Å². The van der Waals surface area contributed by atoms with Crippen LogP contribution in [0.15, 0.2) is 34.7 Å². The molecule has 1 aromatic carbocycles. The second-order valence-electron chi connectivity index (χ2n) is 4.56. The van der Waals surface area contributed by atoms with Gasteiger partial charge in [0.25, 0.3) is 0 Å². The third-order valence-corrected chi connectivity index (χ3v) is 4.55. The summed E-state index contributed by atoms with van der Waals surface area (Å²) in [5, 5.41) is 0. The number of ether oxygens (including phenoxy) is 1. The van der Waals surface area contributed by atoms with Crippen molar-refractivity contribution in [3.8, 4) is 11.3 Å². The number of aryl methyl sites for hydroxylation is 1. The molecule has 1 heterocycles. The number of hydrogen-bond acceptors (Lipinski definition) is 2. The lowest BCUT2D eigenvalue weighted by Gasteiger charge is -2.20. The standard InChI is InChI=1S/C15H15IO2/c1-17-11-8-5-9-12-13(11)14(16)15(18-12)10-6-3-2-4-7-10/h2-4,6-7,11H,5,8-9H2,1H3. The van der Waals surface area contributed by atoms with E-state index in [4.69, 9.17) is 9.15 Å². The summed E-state index contributed by atoms with van der Waals surface area (Å²) in [5.74, 6) is 2.10. The van der Waals surface area contributed by atoms with Crippen LogP contribution in [0.1, 0.15) is 30.3 Å². The SMILES string of the molecule is COC1CCCc2oc(-c3ccccc3)c(I)c21. The average Bonchev–Trinajstić information content (AvgIpc) is 2.77. The summed E-state index contributed by atoms with van der Waals surface area (Å²) in [7, 11) is 1.78. The molecule has 2 nitrogen and oxygen atoms in total. The van der Waals surface area contributed by atoms with E-state index in [0.29, 0.717) is 0 Å². The van der Waals surface area contributed by atoms with Gasteiger partial charge in [0, 0.05) is 24.7 Å². The van der Waals surface area contributed by atoms with Crippen LogP contribution < -0.4 is 0 Å². The van der Waals surface area contributed by atoms with Crippen molar-refractivity contribution < 1.29 is 9.15 Å². The predicted octanol–water partition coefficient (Wildman–Crippen LogP) is 4.58. The second kappa shape index (κ2) is 5.05. The van der Waals surface area contributed by atoms with Gasteiger partial charge in [-0.15, -0.1) is 0 Å². The van der Waals surface area contributed by atoms with Crippen LogP contribution in [0.3, 0.4) is 0 Å². The second-order valence-corrected chi connectivity index (χ2v) is 5.64. The Hall–Kier alpha value is -0.810. The molecule has 0 aliphatic heterocycles. The zero-order valence-electron chi connectivity index (χ0n) is 10.3. The maximum absolute atomic E-state index is 6.07.